The van der Waals surface area contributed by atoms with Crippen LogP contribution in [0.3, 0.4) is 0 Å². The van der Waals surface area contributed by atoms with Crippen LogP contribution in [0, 0.1) is 19.0 Å². The van der Waals surface area contributed by atoms with Gasteiger partial charge in [-0.25, -0.2) is 0 Å². The molecule has 0 saturated heterocycles. The fourth-order valence-electron chi connectivity index (χ4n) is 5.10. The van der Waals surface area contributed by atoms with Crippen molar-refractivity contribution >= 4 is 70.9 Å². The third-order valence-corrected chi connectivity index (χ3v) is 11.8. The van der Waals surface area contributed by atoms with Crippen molar-refractivity contribution in [3.05, 3.63) is 139 Å². The van der Waals surface area contributed by atoms with Gasteiger partial charge < -0.3 is 4.98 Å². The Kier molecular flexibility index (Phi) is 7.44. The first-order valence-electron chi connectivity index (χ1n) is 14.4. The van der Waals surface area contributed by atoms with E-state index in [1.165, 1.54) is 26.0 Å². The maximum atomic E-state index is 7.23. The van der Waals surface area contributed by atoms with Gasteiger partial charge in [0.2, 0.25) is 0 Å². The Hall–Kier alpha value is -3.07. The molecule has 0 saturated carbocycles. The molecule has 4 heterocycles. The van der Waals surface area contributed by atoms with Crippen LogP contribution in [0.1, 0.15) is 9.68 Å². The molecule has 8 rings (SSSR count). The van der Waals surface area contributed by atoms with Crippen LogP contribution in [0.4, 0.5) is 0 Å². The Morgan fingerprint density at radius 2 is 1.46 bits per heavy atom. The molecule has 0 unspecified atom stereocenters. The number of hydrogen-bond donors (Lipinski definition) is 0. The molecule has 2 nitrogen and oxygen atoms in total. The molecule has 2 aliphatic rings. The number of pyridine rings is 2. The summed E-state index contributed by atoms with van der Waals surface area (Å²) in [7, 11) is 0. The Morgan fingerprint density at radius 3 is 2.22 bits per heavy atom. The van der Waals surface area contributed by atoms with Crippen molar-refractivity contribution < 1.29 is 24.2 Å². The molecule has 0 fully saturated rings. The number of aromatic nitrogens is 2. The SMILES string of the molecule is [2H]C([2H])([2H])c1ccc(-c2[c-]cccc2)nc1.[Ir].[c-]1cc2c(cc1-c1ccccn1)B1c3ccccc3[Se]c3cccc(c31)[Se]2. The van der Waals surface area contributed by atoms with Crippen molar-refractivity contribution in [2.24, 2.45) is 0 Å². The molecule has 0 bridgehead atoms. The van der Waals surface area contributed by atoms with Crippen LogP contribution >= 0.6 is 0 Å². The molecular formula is C35H23BIrN2Se2-2. The van der Waals surface area contributed by atoms with E-state index in [-0.39, 0.29) is 25.7 Å². The first kappa shape index (κ1) is 24.5. The van der Waals surface area contributed by atoms with Crippen LogP contribution in [-0.4, -0.2) is 46.6 Å². The summed E-state index contributed by atoms with van der Waals surface area (Å²) in [5, 5.41) is 0. The fraction of sp³-hybridized carbons (Fsp3) is 0.0286. The van der Waals surface area contributed by atoms with Crippen LogP contribution in [-0.2, 0) is 20.1 Å². The van der Waals surface area contributed by atoms with Crippen LogP contribution in [0.15, 0.2) is 122 Å². The maximum absolute atomic E-state index is 7.23. The van der Waals surface area contributed by atoms with E-state index in [1.54, 1.807) is 32.6 Å². The second kappa shape index (κ2) is 12.4. The standard InChI is InChI=1S/C23H13BNSe2.C12H10N.Ir/c1-2-8-19-16(6-1)24-17-14-15(18-7-3-4-13-25-18)11-12-20(17)27-22-10-5-9-21(26-19)23(22)24;1-10-7-8-12(13-9-10)11-5-3-2-4-6-11;/h1-10,12-14H;2-5,7-9H,1H3;/q2*-1;/i;1D3;. The van der Waals surface area contributed by atoms with Gasteiger partial charge in [0.15, 0.2) is 0 Å². The van der Waals surface area contributed by atoms with Gasteiger partial charge in [-0.2, -0.15) is 0 Å². The number of aryl methyl sites for hydroxylation is 1. The molecule has 41 heavy (non-hydrogen) atoms. The molecule has 2 aromatic heterocycles. The zero-order valence-electron chi connectivity index (χ0n) is 24.7. The fourth-order valence-corrected chi connectivity index (χ4v) is 10.3. The van der Waals surface area contributed by atoms with Gasteiger partial charge in [-0.15, -0.1) is 35.9 Å². The van der Waals surface area contributed by atoms with E-state index in [9.17, 15) is 0 Å². The molecule has 199 valence electrons. The van der Waals surface area contributed by atoms with Crippen molar-refractivity contribution in [3.63, 3.8) is 0 Å². The Bertz CT molecular complexity index is 1910. The number of fused-ring (bicyclic) bond motifs is 4. The second-order valence-corrected chi connectivity index (χ2v) is 14.0. The quantitative estimate of drug-likeness (QED) is 0.197. The number of benzene rings is 4. The minimum atomic E-state index is -2.09. The van der Waals surface area contributed by atoms with E-state index in [0.29, 0.717) is 36.6 Å². The second-order valence-electron chi connectivity index (χ2n) is 9.43. The normalized spacial score (nSPS) is 13.5. The third-order valence-electron chi connectivity index (χ3n) is 6.93. The summed E-state index contributed by atoms with van der Waals surface area (Å²) >= 11 is 0.745. The zero-order valence-corrected chi connectivity index (χ0v) is 27.5. The van der Waals surface area contributed by atoms with E-state index in [2.05, 4.69) is 82.8 Å². The summed E-state index contributed by atoms with van der Waals surface area (Å²) in [6, 6.07) is 43.9. The average Bonchev–Trinajstić information content (AvgIpc) is 3.05. The van der Waals surface area contributed by atoms with Gasteiger partial charge in [-0.1, -0.05) is 12.1 Å². The van der Waals surface area contributed by atoms with Crippen LogP contribution in [0.5, 0.6) is 0 Å². The Morgan fingerprint density at radius 1 is 0.683 bits per heavy atom. The molecule has 0 amide bonds. The summed E-state index contributed by atoms with van der Waals surface area (Å²) in [4.78, 5) is 8.67. The third kappa shape index (κ3) is 5.70. The molecule has 6 aromatic rings. The monoisotopic (exact) mass is 838 g/mol. The van der Waals surface area contributed by atoms with Crippen molar-refractivity contribution in [3.8, 4) is 22.5 Å². The van der Waals surface area contributed by atoms with Gasteiger partial charge in [-0.05, 0) is 18.1 Å². The van der Waals surface area contributed by atoms with Crippen LogP contribution in [0.25, 0.3) is 22.5 Å². The van der Waals surface area contributed by atoms with E-state index < -0.39 is 6.85 Å². The minimum absolute atomic E-state index is 0. The van der Waals surface area contributed by atoms with Crippen molar-refractivity contribution in [2.75, 3.05) is 0 Å². The molecule has 0 aliphatic carbocycles. The van der Waals surface area contributed by atoms with Gasteiger partial charge in [-0.3, -0.25) is 0 Å². The van der Waals surface area contributed by atoms with Crippen molar-refractivity contribution in [1.82, 2.24) is 9.97 Å². The summed E-state index contributed by atoms with van der Waals surface area (Å²) in [5.74, 6) is 0. The zero-order chi connectivity index (χ0) is 29.4. The molecule has 6 heteroatoms. The summed E-state index contributed by atoms with van der Waals surface area (Å²) in [6.45, 7) is -1.74. The average molecular weight is 836 g/mol. The Balaban J connectivity index is 0.000000174. The molecule has 0 spiro atoms. The number of hydrogen-bond acceptors (Lipinski definition) is 2. The molecular weight excluding hydrogens is 809 g/mol. The van der Waals surface area contributed by atoms with E-state index in [4.69, 9.17) is 4.11 Å². The number of rotatable bonds is 2. The molecule has 2 aliphatic heterocycles. The molecule has 0 atom stereocenters. The molecule has 0 N–H and O–H groups in total. The number of nitrogens with zero attached hydrogens (tertiary/aromatic N) is 2. The van der Waals surface area contributed by atoms with Crippen molar-refractivity contribution in [2.45, 2.75) is 6.85 Å². The predicted octanol–water partition coefficient (Wildman–Crippen LogP) is 1.86. The predicted molar refractivity (Wildman–Crippen MR) is 169 cm³/mol. The van der Waals surface area contributed by atoms with Gasteiger partial charge in [0.1, 0.15) is 0 Å². The first-order chi connectivity index (χ1) is 21.0. The van der Waals surface area contributed by atoms with Gasteiger partial charge in [0, 0.05) is 30.4 Å². The summed E-state index contributed by atoms with van der Waals surface area (Å²) in [6.07, 6.45) is 3.25. The topological polar surface area (TPSA) is 25.8 Å². The van der Waals surface area contributed by atoms with E-state index in [0.717, 1.165) is 22.5 Å². The van der Waals surface area contributed by atoms with Gasteiger partial charge in [0.05, 0.1) is 0 Å². The van der Waals surface area contributed by atoms with Gasteiger partial charge in [0.25, 0.3) is 0 Å². The molecule has 4 aromatic carbocycles. The van der Waals surface area contributed by atoms with E-state index in [1.807, 2.05) is 36.5 Å². The van der Waals surface area contributed by atoms with Crippen molar-refractivity contribution in [1.29, 1.82) is 0 Å². The van der Waals surface area contributed by atoms with Gasteiger partial charge >= 0.3 is 172 Å². The summed E-state index contributed by atoms with van der Waals surface area (Å²) in [5.41, 5.74) is 8.48. The van der Waals surface area contributed by atoms with E-state index >= 15 is 0 Å². The van der Waals surface area contributed by atoms with Crippen LogP contribution < -0.4 is 34.2 Å². The van der Waals surface area contributed by atoms with Crippen LogP contribution in [0.2, 0.25) is 0 Å². The molecule has 1 radical (unpaired) electrons. The summed E-state index contributed by atoms with van der Waals surface area (Å²) < 4.78 is 27.8. The Labute approximate surface area is 272 Å². The first-order valence-corrected chi connectivity index (χ1v) is 16.4.